The van der Waals surface area contributed by atoms with Crippen LogP contribution in [0, 0.1) is 6.92 Å². The number of carbonyl (C=O) groups is 1. The normalized spacial score (nSPS) is 16.4. The highest BCUT2D eigenvalue weighted by molar-refractivity contribution is 7.89. The molecule has 112 valence electrons. The molecular weight excluding hydrogens is 298 g/mol. The molecule has 0 unspecified atom stereocenters. The van der Waals surface area contributed by atoms with Gasteiger partial charge in [0.15, 0.2) is 0 Å². The summed E-state index contributed by atoms with van der Waals surface area (Å²) in [6.07, 6.45) is 2.05. The number of carbonyl (C=O) groups excluding carboxylic acids is 1. The first-order valence-electron chi connectivity index (χ1n) is 6.63. The molecule has 1 aliphatic rings. The van der Waals surface area contributed by atoms with E-state index < -0.39 is 10.0 Å². The number of amides is 1. The van der Waals surface area contributed by atoms with Gasteiger partial charge in [0.05, 0.1) is 22.9 Å². The lowest BCUT2D eigenvalue weighted by Crippen LogP contribution is -2.36. The molecule has 1 N–H and O–H groups in total. The van der Waals surface area contributed by atoms with Crippen molar-refractivity contribution in [2.75, 3.05) is 25.4 Å². The van der Waals surface area contributed by atoms with Crippen LogP contribution in [0.3, 0.4) is 0 Å². The monoisotopic (exact) mass is 317 g/mol. The van der Waals surface area contributed by atoms with Crippen molar-refractivity contribution in [2.45, 2.75) is 26.2 Å². The Hall–Kier alpha value is -0.990. The lowest BCUT2D eigenvalue weighted by atomic mass is 10.3. The van der Waals surface area contributed by atoms with E-state index in [1.54, 1.807) is 0 Å². The predicted molar refractivity (Wildman–Crippen MR) is 78.2 cm³/mol. The van der Waals surface area contributed by atoms with Gasteiger partial charge in [-0.2, -0.15) is 0 Å². The van der Waals surface area contributed by atoms with Crippen molar-refractivity contribution in [1.82, 2.24) is 14.6 Å². The number of nitrogens with zero attached hydrogens (tertiary/aromatic N) is 2. The van der Waals surface area contributed by atoms with Crippen molar-refractivity contribution in [3.05, 3.63) is 16.1 Å². The zero-order valence-electron chi connectivity index (χ0n) is 11.5. The third-order valence-corrected chi connectivity index (χ3v) is 5.84. The minimum atomic E-state index is -3.22. The summed E-state index contributed by atoms with van der Waals surface area (Å²) in [5.41, 5.74) is 0.729. The zero-order chi connectivity index (χ0) is 14.6. The molecule has 1 saturated heterocycles. The SMILES string of the molecule is Cc1nc(CC(=O)NCCS(=O)(=O)N2CCCC2)cs1. The fraction of sp³-hybridized carbons (Fsp3) is 0.667. The first kappa shape index (κ1) is 15.4. The molecule has 1 aliphatic heterocycles. The van der Waals surface area contributed by atoms with E-state index in [0.717, 1.165) is 23.5 Å². The van der Waals surface area contributed by atoms with Gasteiger partial charge in [0.1, 0.15) is 0 Å². The highest BCUT2D eigenvalue weighted by atomic mass is 32.2. The van der Waals surface area contributed by atoms with Crippen LogP contribution in [0.2, 0.25) is 0 Å². The maximum atomic E-state index is 11.9. The van der Waals surface area contributed by atoms with Crippen LogP contribution in [-0.2, 0) is 21.2 Å². The largest absolute Gasteiger partial charge is 0.355 e. The number of hydrogen-bond acceptors (Lipinski definition) is 5. The smallest absolute Gasteiger partial charge is 0.226 e. The minimum Gasteiger partial charge on any atom is -0.355 e. The molecule has 0 aromatic carbocycles. The van der Waals surface area contributed by atoms with E-state index in [1.807, 2.05) is 12.3 Å². The first-order chi connectivity index (χ1) is 9.47. The number of aromatic nitrogens is 1. The predicted octanol–water partition coefficient (Wildman–Crippen LogP) is 0.536. The summed E-state index contributed by atoms with van der Waals surface area (Å²) in [7, 11) is -3.22. The average Bonchev–Trinajstić information content (AvgIpc) is 3.00. The minimum absolute atomic E-state index is 0.0329. The summed E-state index contributed by atoms with van der Waals surface area (Å²) in [4.78, 5) is 15.9. The van der Waals surface area contributed by atoms with Gasteiger partial charge in [-0.3, -0.25) is 4.79 Å². The Morgan fingerprint density at radius 1 is 1.45 bits per heavy atom. The molecule has 0 aliphatic carbocycles. The molecule has 1 fully saturated rings. The quantitative estimate of drug-likeness (QED) is 0.830. The van der Waals surface area contributed by atoms with Crippen molar-refractivity contribution >= 4 is 27.3 Å². The number of hydrogen-bond donors (Lipinski definition) is 1. The van der Waals surface area contributed by atoms with Crippen molar-refractivity contribution in [1.29, 1.82) is 0 Å². The zero-order valence-corrected chi connectivity index (χ0v) is 13.1. The summed E-state index contributed by atoms with van der Waals surface area (Å²) in [6.45, 7) is 3.25. The Morgan fingerprint density at radius 3 is 2.75 bits per heavy atom. The Kier molecular flexibility index (Phi) is 5.11. The van der Waals surface area contributed by atoms with E-state index in [1.165, 1.54) is 15.6 Å². The lowest BCUT2D eigenvalue weighted by Gasteiger charge is -2.15. The van der Waals surface area contributed by atoms with E-state index in [2.05, 4.69) is 10.3 Å². The second-order valence-electron chi connectivity index (χ2n) is 4.81. The Labute approximate surface area is 123 Å². The third kappa shape index (κ3) is 4.26. The van der Waals surface area contributed by atoms with E-state index in [9.17, 15) is 13.2 Å². The van der Waals surface area contributed by atoms with Crippen LogP contribution in [0.1, 0.15) is 23.5 Å². The number of sulfonamides is 1. The molecule has 0 radical (unpaired) electrons. The van der Waals surface area contributed by atoms with Crippen LogP contribution in [0.4, 0.5) is 0 Å². The summed E-state index contributed by atoms with van der Waals surface area (Å²) in [5.74, 6) is -0.221. The molecule has 2 rings (SSSR count). The van der Waals surface area contributed by atoms with Gasteiger partial charge in [0, 0.05) is 25.0 Å². The van der Waals surface area contributed by atoms with Gasteiger partial charge in [-0.05, 0) is 19.8 Å². The number of aryl methyl sites for hydroxylation is 1. The summed E-state index contributed by atoms with van der Waals surface area (Å²) >= 11 is 1.50. The van der Waals surface area contributed by atoms with Gasteiger partial charge in [-0.15, -0.1) is 11.3 Å². The van der Waals surface area contributed by atoms with Crippen molar-refractivity contribution in [3.8, 4) is 0 Å². The summed E-state index contributed by atoms with van der Waals surface area (Å²) in [5, 5.41) is 5.40. The average molecular weight is 317 g/mol. The van der Waals surface area contributed by atoms with Gasteiger partial charge in [-0.25, -0.2) is 17.7 Å². The molecule has 6 nitrogen and oxygen atoms in total. The van der Waals surface area contributed by atoms with Crippen molar-refractivity contribution in [3.63, 3.8) is 0 Å². The topological polar surface area (TPSA) is 79.4 Å². The summed E-state index contributed by atoms with van der Waals surface area (Å²) < 4.78 is 25.4. The molecule has 20 heavy (non-hydrogen) atoms. The van der Waals surface area contributed by atoms with Gasteiger partial charge >= 0.3 is 0 Å². The van der Waals surface area contributed by atoms with E-state index in [0.29, 0.717) is 13.1 Å². The molecule has 1 aromatic rings. The van der Waals surface area contributed by atoms with Crippen molar-refractivity contribution < 1.29 is 13.2 Å². The van der Waals surface area contributed by atoms with Crippen LogP contribution in [0.5, 0.6) is 0 Å². The van der Waals surface area contributed by atoms with Crippen LogP contribution in [0.25, 0.3) is 0 Å². The fourth-order valence-corrected chi connectivity index (χ4v) is 4.18. The Bertz CT molecular complexity index is 562. The maximum absolute atomic E-state index is 11.9. The molecular formula is C12H19N3O3S2. The molecule has 2 heterocycles. The van der Waals surface area contributed by atoms with Crippen LogP contribution in [-0.4, -0.2) is 49.0 Å². The second kappa shape index (κ2) is 6.64. The van der Waals surface area contributed by atoms with Crippen LogP contribution >= 0.6 is 11.3 Å². The third-order valence-electron chi connectivity index (χ3n) is 3.15. The van der Waals surface area contributed by atoms with Crippen LogP contribution in [0.15, 0.2) is 5.38 Å². The van der Waals surface area contributed by atoms with E-state index in [4.69, 9.17) is 0 Å². The standard InChI is InChI=1S/C12H19N3O3S2/c1-10-14-11(9-19-10)8-12(16)13-4-7-20(17,18)15-5-2-3-6-15/h9H,2-8H2,1H3,(H,13,16). The Balaban J connectivity index is 1.73. The number of thiazole rings is 1. The lowest BCUT2D eigenvalue weighted by molar-refractivity contribution is -0.120. The number of rotatable bonds is 6. The van der Waals surface area contributed by atoms with Gasteiger partial charge in [0.2, 0.25) is 15.9 Å². The Morgan fingerprint density at radius 2 is 2.15 bits per heavy atom. The molecule has 0 atom stereocenters. The fourth-order valence-electron chi connectivity index (χ4n) is 2.13. The van der Waals surface area contributed by atoms with E-state index >= 15 is 0 Å². The summed E-state index contributed by atoms with van der Waals surface area (Å²) in [6, 6.07) is 0. The van der Waals surface area contributed by atoms with E-state index in [-0.39, 0.29) is 24.6 Å². The molecule has 0 saturated carbocycles. The van der Waals surface area contributed by atoms with Crippen molar-refractivity contribution in [2.24, 2.45) is 0 Å². The number of nitrogens with one attached hydrogen (secondary N) is 1. The highest BCUT2D eigenvalue weighted by Crippen LogP contribution is 2.12. The highest BCUT2D eigenvalue weighted by Gasteiger charge is 2.24. The first-order valence-corrected chi connectivity index (χ1v) is 9.12. The van der Waals surface area contributed by atoms with Gasteiger partial charge in [-0.1, -0.05) is 0 Å². The molecule has 1 aromatic heterocycles. The molecule has 0 spiro atoms. The molecule has 8 heteroatoms. The molecule has 0 bridgehead atoms. The molecule has 1 amide bonds. The maximum Gasteiger partial charge on any atom is 0.226 e. The van der Waals surface area contributed by atoms with Crippen LogP contribution < -0.4 is 5.32 Å². The second-order valence-corrected chi connectivity index (χ2v) is 7.96. The van der Waals surface area contributed by atoms with Gasteiger partial charge < -0.3 is 5.32 Å². The van der Waals surface area contributed by atoms with Gasteiger partial charge in [0.25, 0.3) is 0 Å².